The van der Waals surface area contributed by atoms with Crippen LogP contribution in [0.3, 0.4) is 0 Å². The van der Waals surface area contributed by atoms with Crippen molar-refractivity contribution >= 4 is 22.4 Å². The lowest BCUT2D eigenvalue weighted by Gasteiger charge is -2.05. The molecule has 0 aliphatic heterocycles. The second kappa shape index (κ2) is 5.28. The van der Waals surface area contributed by atoms with E-state index in [0.29, 0.717) is 5.39 Å². The number of halogens is 1. The van der Waals surface area contributed by atoms with Gasteiger partial charge < -0.3 is 0 Å². The average molecular weight is 297 g/mol. The molecule has 2 heterocycles. The van der Waals surface area contributed by atoms with Gasteiger partial charge in [0.25, 0.3) is 0 Å². The molecule has 3 aromatic rings. The largest absolute Gasteiger partial charge is 0.306 e. The molecule has 0 N–H and O–H groups in total. The van der Waals surface area contributed by atoms with Crippen molar-refractivity contribution in [3.05, 3.63) is 76.0 Å². The monoisotopic (exact) mass is 297 g/mol. The Morgan fingerprint density at radius 2 is 1.95 bits per heavy atom. The second-order valence-electron chi connectivity index (χ2n) is 4.48. The van der Waals surface area contributed by atoms with Crippen molar-refractivity contribution in [2.45, 2.75) is 0 Å². The maximum absolute atomic E-state index is 13.7. The minimum absolute atomic E-state index is 0.0906. The molecule has 0 aliphatic carbocycles. The van der Waals surface area contributed by atoms with Crippen LogP contribution in [-0.2, 0) is 0 Å². The number of hydrogen-bond acceptors (Lipinski definition) is 5. The molecule has 1 aromatic carbocycles. The molecule has 0 saturated heterocycles. The number of benzene rings is 1. The van der Waals surface area contributed by atoms with E-state index in [1.165, 1.54) is 24.5 Å². The summed E-state index contributed by atoms with van der Waals surface area (Å²) in [5, 5.41) is 11.9. The summed E-state index contributed by atoms with van der Waals surface area (Å²) < 4.78 is 13.7. The number of ketones is 1. The van der Waals surface area contributed by atoms with Crippen LogP contribution in [0.4, 0.5) is 10.1 Å². The summed E-state index contributed by atoms with van der Waals surface area (Å²) in [7, 11) is 0. The molecule has 0 unspecified atom stereocenters. The van der Waals surface area contributed by atoms with Crippen molar-refractivity contribution in [2.24, 2.45) is 0 Å². The number of nitro groups is 1. The zero-order valence-corrected chi connectivity index (χ0v) is 11.1. The Morgan fingerprint density at radius 1 is 1.14 bits per heavy atom. The minimum Gasteiger partial charge on any atom is -0.288 e. The average Bonchev–Trinajstić information content (AvgIpc) is 2.53. The van der Waals surface area contributed by atoms with Gasteiger partial charge in [0.1, 0.15) is 11.1 Å². The van der Waals surface area contributed by atoms with Crippen molar-refractivity contribution in [1.82, 2.24) is 9.97 Å². The highest BCUT2D eigenvalue weighted by atomic mass is 19.1. The first-order valence-corrected chi connectivity index (χ1v) is 6.26. The molecule has 0 atom stereocenters. The third-order valence-corrected chi connectivity index (χ3v) is 3.19. The summed E-state index contributed by atoms with van der Waals surface area (Å²) in [6, 6.07) is 7.32. The number of nitrogens with zero attached hydrogens (tertiary/aromatic N) is 3. The van der Waals surface area contributed by atoms with E-state index in [2.05, 4.69) is 9.97 Å². The molecule has 0 radical (unpaired) electrons. The molecule has 0 spiro atoms. The van der Waals surface area contributed by atoms with Gasteiger partial charge in [-0.2, -0.15) is 0 Å². The van der Waals surface area contributed by atoms with Gasteiger partial charge in [0.2, 0.25) is 5.78 Å². The Balaban J connectivity index is 2.27. The molecule has 0 saturated carbocycles. The van der Waals surface area contributed by atoms with Gasteiger partial charge >= 0.3 is 5.69 Å². The zero-order chi connectivity index (χ0) is 15.7. The van der Waals surface area contributed by atoms with Gasteiger partial charge in [0.15, 0.2) is 5.82 Å². The first-order valence-electron chi connectivity index (χ1n) is 6.26. The Bertz CT molecular complexity index is 911. The second-order valence-corrected chi connectivity index (χ2v) is 4.48. The number of fused-ring (bicyclic) bond motifs is 1. The Hall–Kier alpha value is -3.22. The normalized spacial score (nSPS) is 10.6. The van der Waals surface area contributed by atoms with Gasteiger partial charge in [-0.05, 0) is 18.2 Å². The summed E-state index contributed by atoms with van der Waals surface area (Å²) in [4.78, 5) is 30.6. The van der Waals surface area contributed by atoms with Crippen LogP contribution in [0.25, 0.3) is 10.9 Å². The maximum Gasteiger partial charge on any atom is 0.306 e. The number of rotatable bonds is 3. The molecular formula is C15H8FN3O3. The summed E-state index contributed by atoms with van der Waals surface area (Å²) in [5.74, 6) is -1.61. The molecule has 0 bridgehead atoms. The number of hydrogen-bond donors (Lipinski definition) is 0. The predicted molar refractivity (Wildman–Crippen MR) is 76.0 cm³/mol. The van der Waals surface area contributed by atoms with Crippen LogP contribution in [0.2, 0.25) is 0 Å². The molecule has 2 aromatic heterocycles. The summed E-state index contributed by atoms with van der Waals surface area (Å²) in [6.07, 6.45) is 3.54. The van der Waals surface area contributed by atoms with Crippen LogP contribution in [0.15, 0.2) is 48.9 Å². The lowest BCUT2D eigenvalue weighted by Crippen LogP contribution is -2.08. The SMILES string of the molecule is O=C(c1ccncc1F)c1ccc2cccnc2c1[N+](=O)[O-]. The van der Waals surface area contributed by atoms with Gasteiger partial charge in [0.05, 0.1) is 16.7 Å². The molecule has 0 fully saturated rings. The first kappa shape index (κ1) is 13.7. The number of aromatic nitrogens is 2. The van der Waals surface area contributed by atoms with E-state index in [1.54, 1.807) is 18.2 Å². The topological polar surface area (TPSA) is 86.0 Å². The van der Waals surface area contributed by atoms with E-state index in [-0.39, 0.29) is 16.6 Å². The molecule has 6 nitrogen and oxygen atoms in total. The van der Waals surface area contributed by atoms with Gasteiger partial charge in [-0.15, -0.1) is 0 Å². The van der Waals surface area contributed by atoms with Crippen molar-refractivity contribution in [1.29, 1.82) is 0 Å². The van der Waals surface area contributed by atoms with Gasteiger partial charge in [0, 0.05) is 17.8 Å². The van der Waals surface area contributed by atoms with Crippen molar-refractivity contribution in [3.8, 4) is 0 Å². The van der Waals surface area contributed by atoms with Crippen molar-refractivity contribution in [3.63, 3.8) is 0 Å². The van der Waals surface area contributed by atoms with E-state index < -0.39 is 22.2 Å². The fourth-order valence-corrected chi connectivity index (χ4v) is 2.20. The molecule has 0 amide bonds. The molecule has 22 heavy (non-hydrogen) atoms. The number of carbonyl (C=O) groups excluding carboxylic acids is 1. The molecule has 7 heteroatoms. The molecule has 3 rings (SSSR count). The highest BCUT2D eigenvalue weighted by Crippen LogP contribution is 2.29. The molecule has 108 valence electrons. The lowest BCUT2D eigenvalue weighted by molar-refractivity contribution is -0.383. The highest BCUT2D eigenvalue weighted by molar-refractivity contribution is 6.14. The van der Waals surface area contributed by atoms with E-state index in [0.717, 1.165) is 6.20 Å². The van der Waals surface area contributed by atoms with Crippen LogP contribution in [-0.4, -0.2) is 20.7 Å². The predicted octanol–water partition coefficient (Wildman–Crippen LogP) is 2.91. The van der Waals surface area contributed by atoms with E-state index in [9.17, 15) is 19.3 Å². The van der Waals surface area contributed by atoms with E-state index >= 15 is 0 Å². The fraction of sp³-hybridized carbons (Fsp3) is 0. The van der Waals surface area contributed by atoms with Crippen LogP contribution in [0.5, 0.6) is 0 Å². The van der Waals surface area contributed by atoms with Crippen LogP contribution >= 0.6 is 0 Å². The third kappa shape index (κ3) is 2.18. The summed E-state index contributed by atoms with van der Waals surface area (Å²) >= 11 is 0. The van der Waals surface area contributed by atoms with Gasteiger partial charge in [-0.25, -0.2) is 9.37 Å². The van der Waals surface area contributed by atoms with Crippen LogP contribution in [0.1, 0.15) is 15.9 Å². The van der Waals surface area contributed by atoms with Gasteiger partial charge in [-0.3, -0.25) is 19.9 Å². The summed E-state index contributed by atoms with van der Waals surface area (Å²) in [5.41, 5.74) is -0.818. The van der Waals surface area contributed by atoms with Crippen LogP contribution in [0, 0.1) is 15.9 Å². The maximum atomic E-state index is 13.7. The smallest absolute Gasteiger partial charge is 0.288 e. The van der Waals surface area contributed by atoms with Crippen molar-refractivity contribution in [2.75, 3.05) is 0 Å². The van der Waals surface area contributed by atoms with E-state index in [1.807, 2.05) is 0 Å². The quantitative estimate of drug-likeness (QED) is 0.421. The Morgan fingerprint density at radius 3 is 2.68 bits per heavy atom. The number of carbonyl (C=O) groups is 1. The number of pyridine rings is 2. The third-order valence-electron chi connectivity index (χ3n) is 3.19. The standard InChI is InChI=1S/C15H8FN3O3/c16-12-8-17-7-5-10(12)15(20)11-4-3-9-2-1-6-18-13(9)14(11)19(21)22/h1-8H. The molecule has 0 aliphatic rings. The summed E-state index contributed by atoms with van der Waals surface area (Å²) in [6.45, 7) is 0. The Kier molecular flexibility index (Phi) is 3.30. The van der Waals surface area contributed by atoms with E-state index in [4.69, 9.17) is 0 Å². The minimum atomic E-state index is -0.831. The first-order chi connectivity index (χ1) is 10.6. The van der Waals surface area contributed by atoms with Crippen molar-refractivity contribution < 1.29 is 14.1 Å². The highest BCUT2D eigenvalue weighted by Gasteiger charge is 2.26. The van der Waals surface area contributed by atoms with Gasteiger partial charge in [-0.1, -0.05) is 12.1 Å². The number of nitro benzene ring substituents is 1. The fourth-order valence-electron chi connectivity index (χ4n) is 2.20. The Labute approximate surface area is 123 Å². The zero-order valence-electron chi connectivity index (χ0n) is 11.1. The van der Waals surface area contributed by atoms with Crippen LogP contribution < -0.4 is 0 Å². The molecular weight excluding hydrogens is 289 g/mol. The lowest BCUT2D eigenvalue weighted by atomic mass is 10.00.